The molecule has 0 aromatic heterocycles. The van der Waals surface area contributed by atoms with E-state index in [1.165, 1.54) is 6.42 Å². The minimum absolute atomic E-state index is 0.229. The van der Waals surface area contributed by atoms with Crippen molar-refractivity contribution in [2.24, 2.45) is 11.3 Å². The zero-order chi connectivity index (χ0) is 9.47. The van der Waals surface area contributed by atoms with Crippen LogP contribution in [0.25, 0.3) is 0 Å². The van der Waals surface area contributed by atoms with Crippen LogP contribution in [-0.2, 0) is 0 Å². The number of nitrogens with zero attached hydrogens (tertiary/aromatic N) is 1. The molecule has 4 heteroatoms. The Morgan fingerprint density at radius 1 is 1.62 bits per heavy atom. The predicted molar refractivity (Wildman–Crippen MR) is 53.9 cm³/mol. The van der Waals surface area contributed by atoms with E-state index in [-0.39, 0.29) is 5.41 Å². The third-order valence-corrected chi connectivity index (χ3v) is 3.50. The molecular weight excluding hydrogens is 209 g/mol. The van der Waals surface area contributed by atoms with Crippen molar-refractivity contribution in [1.29, 1.82) is 0 Å². The lowest BCUT2D eigenvalue weighted by atomic mass is 10.1. The number of hydrogen-bond acceptors (Lipinski definition) is 2. The summed E-state index contributed by atoms with van der Waals surface area (Å²) in [5.41, 5.74) is 0.229. The van der Waals surface area contributed by atoms with Crippen molar-refractivity contribution in [2.75, 3.05) is 26.2 Å². The molecule has 2 nitrogen and oxygen atoms in total. The van der Waals surface area contributed by atoms with Crippen molar-refractivity contribution in [2.45, 2.75) is 6.42 Å². The normalized spacial score (nSPS) is 37.3. The van der Waals surface area contributed by atoms with Crippen molar-refractivity contribution in [3.63, 3.8) is 0 Å². The average Bonchev–Trinajstić information content (AvgIpc) is 2.67. The highest BCUT2D eigenvalue weighted by Gasteiger charge is 2.58. The van der Waals surface area contributed by atoms with Crippen molar-refractivity contribution in [1.82, 2.24) is 4.90 Å². The van der Waals surface area contributed by atoms with E-state index in [2.05, 4.69) is 4.90 Å². The molecule has 1 saturated heterocycles. The second-order valence-corrected chi connectivity index (χ2v) is 5.12. The smallest absolute Gasteiger partial charge is 0.104 e. The van der Waals surface area contributed by atoms with Gasteiger partial charge in [0.2, 0.25) is 0 Å². The summed E-state index contributed by atoms with van der Waals surface area (Å²) in [7, 11) is 0. The summed E-state index contributed by atoms with van der Waals surface area (Å²) in [6.07, 6.45) is 3.00. The number of piperidine rings is 1. The average molecular weight is 222 g/mol. The van der Waals surface area contributed by atoms with Gasteiger partial charge < -0.3 is 5.11 Å². The molecule has 0 radical (unpaired) electrons. The molecule has 1 aliphatic heterocycles. The van der Waals surface area contributed by atoms with Crippen LogP contribution >= 0.6 is 23.2 Å². The molecule has 2 aliphatic rings. The first-order valence-corrected chi connectivity index (χ1v) is 5.26. The van der Waals surface area contributed by atoms with Gasteiger partial charge in [-0.25, -0.2) is 0 Å². The lowest BCUT2D eigenvalue weighted by molar-refractivity contribution is 0.192. The van der Waals surface area contributed by atoms with Crippen molar-refractivity contribution in [3.8, 4) is 0 Å². The van der Waals surface area contributed by atoms with Crippen LogP contribution in [0.1, 0.15) is 6.42 Å². The summed E-state index contributed by atoms with van der Waals surface area (Å²) < 4.78 is 0.332. The van der Waals surface area contributed by atoms with E-state index in [0.29, 0.717) is 17.0 Å². The molecule has 2 unspecified atom stereocenters. The molecule has 1 heterocycles. The van der Waals surface area contributed by atoms with Crippen molar-refractivity contribution < 1.29 is 5.11 Å². The van der Waals surface area contributed by atoms with Crippen molar-refractivity contribution >= 4 is 23.2 Å². The molecule has 0 amide bonds. The highest BCUT2D eigenvalue weighted by molar-refractivity contribution is 6.55. The number of likely N-dealkylation sites (tertiary alicyclic amines) is 1. The zero-order valence-corrected chi connectivity index (χ0v) is 8.85. The largest absolute Gasteiger partial charge is 0.396 e. The molecule has 1 aliphatic carbocycles. The molecule has 1 N–H and O–H groups in total. The molecule has 0 aromatic rings. The molecule has 2 fully saturated rings. The van der Waals surface area contributed by atoms with E-state index in [4.69, 9.17) is 28.3 Å². The van der Waals surface area contributed by atoms with Gasteiger partial charge in [0.25, 0.3) is 0 Å². The van der Waals surface area contributed by atoms with E-state index < -0.39 is 0 Å². The summed E-state index contributed by atoms with van der Waals surface area (Å²) >= 11 is 11.0. The Morgan fingerprint density at radius 2 is 2.38 bits per heavy atom. The van der Waals surface area contributed by atoms with Crippen LogP contribution < -0.4 is 0 Å². The lowest BCUT2D eigenvalue weighted by Crippen LogP contribution is -2.26. The van der Waals surface area contributed by atoms with Gasteiger partial charge in [-0.3, -0.25) is 4.90 Å². The number of halogens is 2. The number of aliphatic hydroxyl groups excluding tert-OH is 1. The van der Waals surface area contributed by atoms with E-state index in [1.807, 2.05) is 0 Å². The van der Waals surface area contributed by atoms with Gasteiger partial charge in [0, 0.05) is 25.0 Å². The fraction of sp³-hybridized carbons (Fsp3) is 0.778. The van der Waals surface area contributed by atoms with E-state index in [1.54, 1.807) is 6.08 Å². The van der Waals surface area contributed by atoms with Crippen LogP contribution in [0.4, 0.5) is 0 Å². The van der Waals surface area contributed by atoms with E-state index in [9.17, 15) is 0 Å². The Kier molecular flexibility index (Phi) is 2.58. The summed E-state index contributed by atoms with van der Waals surface area (Å²) in [4.78, 5) is 2.29. The third-order valence-electron chi connectivity index (χ3n) is 3.19. The summed E-state index contributed by atoms with van der Waals surface area (Å²) in [5, 5.41) is 9.17. The third kappa shape index (κ3) is 1.86. The van der Waals surface area contributed by atoms with Gasteiger partial charge in [0.1, 0.15) is 4.49 Å². The molecule has 1 saturated carbocycles. The van der Waals surface area contributed by atoms with Crippen LogP contribution in [0, 0.1) is 11.3 Å². The maximum Gasteiger partial charge on any atom is 0.104 e. The van der Waals surface area contributed by atoms with Gasteiger partial charge in [-0.05, 0) is 18.4 Å². The predicted octanol–water partition coefficient (Wildman–Crippen LogP) is 1.62. The Bertz CT molecular complexity index is 236. The molecule has 74 valence electrons. The Morgan fingerprint density at radius 3 is 2.92 bits per heavy atom. The fourth-order valence-electron chi connectivity index (χ4n) is 2.29. The molecule has 0 aromatic carbocycles. The summed E-state index contributed by atoms with van der Waals surface area (Å²) in [6, 6.07) is 0. The van der Waals surface area contributed by atoms with Crippen LogP contribution in [-0.4, -0.2) is 36.2 Å². The molecule has 13 heavy (non-hydrogen) atoms. The molecular formula is C9H13Cl2NO. The molecule has 2 atom stereocenters. The summed E-state index contributed by atoms with van der Waals surface area (Å²) in [5.74, 6) is 0.708. The van der Waals surface area contributed by atoms with Gasteiger partial charge in [-0.15, -0.1) is 0 Å². The zero-order valence-electron chi connectivity index (χ0n) is 7.34. The van der Waals surface area contributed by atoms with E-state index >= 15 is 0 Å². The van der Waals surface area contributed by atoms with Gasteiger partial charge in [0.15, 0.2) is 0 Å². The van der Waals surface area contributed by atoms with Gasteiger partial charge in [-0.2, -0.15) is 0 Å². The quantitative estimate of drug-likeness (QED) is 0.784. The fourth-order valence-corrected chi connectivity index (χ4v) is 2.42. The van der Waals surface area contributed by atoms with Crippen LogP contribution in [0.3, 0.4) is 0 Å². The number of aliphatic hydroxyl groups is 1. The van der Waals surface area contributed by atoms with Gasteiger partial charge >= 0.3 is 0 Å². The first-order valence-electron chi connectivity index (χ1n) is 4.51. The minimum atomic E-state index is 0.229. The van der Waals surface area contributed by atoms with Crippen molar-refractivity contribution in [3.05, 3.63) is 10.6 Å². The second-order valence-electron chi connectivity index (χ2n) is 4.11. The van der Waals surface area contributed by atoms with Gasteiger partial charge in [0.05, 0.1) is 6.61 Å². The summed E-state index contributed by atoms with van der Waals surface area (Å²) in [6.45, 7) is 3.21. The molecule has 0 bridgehead atoms. The first-order chi connectivity index (χ1) is 6.16. The highest BCUT2D eigenvalue weighted by atomic mass is 35.5. The van der Waals surface area contributed by atoms with E-state index in [0.717, 1.165) is 19.6 Å². The van der Waals surface area contributed by atoms with Crippen LogP contribution in [0.15, 0.2) is 10.6 Å². The topological polar surface area (TPSA) is 23.5 Å². The van der Waals surface area contributed by atoms with Crippen LogP contribution in [0.5, 0.6) is 0 Å². The Labute approximate surface area is 88.1 Å². The van der Waals surface area contributed by atoms with Crippen LogP contribution in [0.2, 0.25) is 0 Å². The Balaban J connectivity index is 1.84. The maximum absolute atomic E-state index is 9.17. The Hall–Kier alpha value is 0.240. The minimum Gasteiger partial charge on any atom is -0.396 e. The standard InChI is InChI=1S/C9H13Cl2NO/c10-8(11)1-2-12-4-7-3-9(7,5-12)6-13/h1,7,13H,2-6H2. The first kappa shape index (κ1) is 9.78. The molecule has 2 rings (SSSR count). The monoisotopic (exact) mass is 221 g/mol. The maximum atomic E-state index is 9.17. The highest BCUT2D eigenvalue weighted by Crippen LogP contribution is 2.57. The number of hydrogen-bond donors (Lipinski definition) is 1. The van der Waals surface area contributed by atoms with Gasteiger partial charge in [-0.1, -0.05) is 23.2 Å². The lowest BCUT2D eigenvalue weighted by Gasteiger charge is -2.17. The second kappa shape index (κ2) is 3.43. The SMILES string of the molecule is OCC12CC1CN(CC=C(Cl)Cl)C2. The number of rotatable bonds is 3. The molecule has 0 spiro atoms. The number of fused-ring (bicyclic) bond motifs is 1.